The van der Waals surface area contributed by atoms with Gasteiger partial charge >= 0.3 is 0 Å². The van der Waals surface area contributed by atoms with Crippen molar-refractivity contribution >= 4 is 5.91 Å². The molecule has 0 spiro atoms. The average molecular weight is 317 g/mol. The Balaban J connectivity index is 1.79. The number of carbonyl (C=O) groups is 1. The van der Waals surface area contributed by atoms with E-state index in [1.54, 1.807) is 24.3 Å². The SMILES string of the molecule is O=C(NCC(O)(c1ccccc1)C1CC1)c1c(F)cccc1F. The molecular formula is C18H17F2NO2. The van der Waals surface area contributed by atoms with Crippen molar-refractivity contribution in [3.63, 3.8) is 0 Å². The van der Waals surface area contributed by atoms with Crippen LogP contribution in [-0.4, -0.2) is 17.6 Å². The molecule has 1 fully saturated rings. The van der Waals surface area contributed by atoms with Crippen molar-refractivity contribution in [2.24, 2.45) is 5.92 Å². The van der Waals surface area contributed by atoms with E-state index in [0.717, 1.165) is 25.0 Å². The van der Waals surface area contributed by atoms with E-state index in [0.29, 0.717) is 5.56 Å². The second-order valence-corrected chi connectivity index (χ2v) is 5.84. The molecule has 0 saturated heterocycles. The van der Waals surface area contributed by atoms with Gasteiger partial charge in [-0.2, -0.15) is 0 Å². The second kappa shape index (κ2) is 6.08. The number of nitrogens with one attached hydrogen (secondary N) is 1. The Labute approximate surface area is 133 Å². The molecule has 1 amide bonds. The van der Waals surface area contributed by atoms with Crippen LogP contribution in [0.4, 0.5) is 8.78 Å². The zero-order valence-corrected chi connectivity index (χ0v) is 12.4. The van der Waals surface area contributed by atoms with Crippen LogP contribution < -0.4 is 5.32 Å². The van der Waals surface area contributed by atoms with Crippen molar-refractivity contribution in [3.05, 3.63) is 71.3 Å². The molecule has 3 nitrogen and oxygen atoms in total. The van der Waals surface area contributed by atoms with Gasteiger partial charge in [-0.15, -0.1) is 0 Å². The van der Waals surface area contributed by atoms with Crippen LogP contribution in [-0.2, 0) is 5.60 Å². The van der Waals surface area contributed by atoms with E-state index in [4.69, 9.17) is 0 Å². The number of rotatable bonds is 5. The van der Waals surface area contributed by atoms with E-state index in [9.17, 15) is 18.7 Å². The predicted octanol–water partition coefficient (Wildman–Crippen LogP) is 2.99. The van der Waals surface area contributed by atoms with E-state index < -0.39 is 28.7 Å². The van der Waals surface area contributed by atoms with Crippen LogP contribution in [0.3, 0.4) is 0 Å². The molecule has 2 aromatic carbocycles. The minimum Gasteiger partial charge on any atom is -0.383 e. The molecule has 2 aromatic rings. The quantitative estimate of drug-likeness (QED) is 0.891. The Bertz CT molecular complexity index is 696. The van der Waals surface area contributed by atoms with E-state index >= 15 is 0 Å². The van der Waals surface area contributed by atoms with Crippen molar-refractivity contribution in [1.29, 1.82) is 0 Å². The van der Waals surface area contributed by atoms with Crippen LogP contribution in [0.25, 0.3) is 0 Å². The zero-order valence-electron chi connectivity index (χ0n) is 12.4. The molecule has 0 heterocycles. The highest BCUT2D eigenvalue weighted by Crippen LogP contribution is 2.45. The predicted molar refractivity (Wildman–Crippen MR) is 81.8 cm³/mol. The van der Waals surface area contributed by atoms with Gasteiger partial charge in [0.15, 0.2) is 0 Å². The van der Waals surface area contributed by atoms with Gasteiger partial charge in [0.1, 0.15) is 22.8 Å². The lowest BCUT2D eigenvalue weighted by Crippen LogP contribution is -2.42. The van der Waals surface area contributed by atoms with Crippen molar-refractivity contribution < 1.29 is 18.7 Å². The van der Waals surface area contributed by atoms with Gasteiger partial charge in [-0.25, -0.2) is 8.78 Å². The number of carbonyl (C=O) groups excluding carboxylic acids is 1. The molecule has 0 bridgehead atoms. The largest absolute Gasteiger partial charge is 0.383 e. The maximum atomic E-state index is 13.7. The lowest BCUT2D eigenvalue weighted by atomic mass is 9.88. The van der Waals surface area contributed by atoms with Crippen molar-refractivity contribution in [2.75, 3.05) is 6.54 Å². The third kappa shape index (κ3) is 3.10. The summed E-state index contributed by atoms with van der Waals surface area (Å²) in [6.45, 7) is -0.0890. The van der Waals surface area contributed by atoms with Gasteiger partial charge in [-0.05, 0) is 36.5 Å². The smallest absolute Gasteiger partial charge is 0.257 e. The summed E-state index contributed by atoms with van der Waals surface area (Å²) >= 11 is 0. The van der Waals surface area contributed by atoms with Crippen LogP contribution in [0, 0.1) is 17.6 Å². The first kappa shape index (κ1) is 15.6. The number of benzene rings is 2. The average Bonchev–Trinajstić information content (AvgIpc) is 3.38. The zero-order chi connectivity index (χ0) is 16.4. The van der Waals surface area contributed by atoms with Crippen LogP contribution >= 0.6 is 0 Å². The van der Waals surface area contributed by atoms with Gasteiger partial charge in [0.2, 0.25) is 0 Å². The number of hydrogen-bond donors (Lipinski definition) is 2. The standard InChI is InChI=1S/C18H17F2NO2/c19-14-7-4-8-15(20)16(14)17(22)21-11-18(23,13-9-10-13)12-5-2-1-3-6-12/h1-8,13,23H,9-11H2,(H,21,22). The summed E-state index contributed by atoms with van der Waals surface area (Å²) in [5, 5.41) is 13.4. The van der Waals surface area contributed by atoms with Crippen molar-refractivity contribution in [3.8, 4) is 0 Å². The van der Waals surface area contributed by atoms with Crippen LogP contribution in [0.5, 0.6) is 0 Å². The first-order chi connectivity index (χ1) is 11.0. The van der Waals surface area contributed by atoms with E-state index in [2.05, 4.69) is 5.32 Å². The van der Waals surface area contributed by atoms with Crippen molar-refractivity contribution in [1.82, 2.24) is 5.32 Å². The van der Waals surface area contributed by atoms with E-state index in [1.807, 2.05) is 6.07 Å². The summed E-state index contributed by atoms with van der Waals surface area (Å²) in [6.07, 6.45) is 1.71. The highest BCUT2D eigenvalue weighted by atomic mass is 19.1. The van der Waals surface area contributed by atoms with E-state index in [-0.39, 0.29) is 12.5 Å². The van der Waals surface area contributed by atoms with Crippen molar-refractivity contribution in [2.45, 2.75) is 18.4 Å². The number of halogens is 2. The van der Waals surface area contributed by atoms with Gasteiger partial charge < -0.3 is 10.4 Å². The maximum Gasteiger partial charge on any atom is 0.257 e. The topological polar surface area (TPSA) is 49.3 Å². The number of aliphatic hydroxyl groups is 1. The molecular weight excluding hydrogens is 300 g/mol. The Hall–Kier alpha value is -2.27. The Morgan fingerprint density at radius 1 is 1.09 bits per heavy atom. The van der Waals surface area contributed by atoms with Crippen LogP contribution in [0.15, 0.2) is 48.5 Å². The monoisotopic (exact) mass is 317 g/mol. The van der Waals surface area contributed by atoms with Gasteiger partial charge in [-0.3, -0.25) is 4.79 Å². The molecule has 5 heteroatoms. The summed E-state index contributed by atoms with van der Waals surface area (Å²) in [6, 6.07) is 12.3. The van der Waals surface area contributed by atoms with Crippen LogP contribution in [0.2, 0.25) is 0 Å². The summed E-state index contributed by atoms with van der Waals surface area (Å²) in [5.41, 5.74) is -1.16. The summed E-state index contributed by atoms with van der Waals surface area (Å²) in [7, 11) is 0. The molecule has 0 aliphatic heterocycles. The summed E-state index contributed by atoms with van der Waals surface area (Å²) < 4.78 is 27.3. The third-order valence-corrected chi connectivity index (χ3v) is 4.23. The molecule has 23 heavy (non-hydrogen) atoms. The molecule has 1 atom stereocenters. The minimum absolute atomic E-state index is 0.0377. The molecule has 1 saturated carbocycles. The van der Waals surface area contributed by atoms with Crippen LogP contribution in [0.1, 0.15) is 28.8 Å². The second-order valence-electron chi connectivity index (χ2n) is 5.84. The Morgan fingerprint density at radius 3 is 2.26 bits per heavy atom. The summed E-state index contributed by atoms with van der Waals surface area (Å²) in [4.78, 5) is 12.1. The Kier molecular flexibility index (Phi) is 4.13. The molecule has 0 radical (unpaired) electrons. The molecule has 3 rings (SSSR count). The molecule has 1 unspecified atom stereocenters. The molecule has 1 aliphatic carbocycles. The van der Waals surface area contributed by atoms with E-state index in [1.165, 1.54) is 6.07 Å². The fraction of sp³-hybridized carbons (Fsp3) is 0.278. The number of hydrogen-bond acceptors (Lipinski definition) is 2. The highest BCUT2D eigenvalue weighted by molar-refractivity contribution is 5.94. The Morgan fingerprint density at radius 2 is 1.70 bits per heavy atom. The molecule has 0 aromatic heterocycles. The van der Waals surface area contributed by atoms with Gasteiger partial charge in [0.05, 0.1) is 6.54 Å². The molecule has 1 aliphatic rings. The molecule has 2 N–H and O–H groups in total. The molecule has 120 valence electrons. The lowest BCUT2D eigenvalue weighted by Gasteiger charge is -2.29. The van der Waals surface area contributed by atoms with Gasteiger partial charge in [0.25, 0.3) is 5.91 Å². The van der Waals surface area contributed by atoms with Gasteiger partial charge in [0, 0.05) is 0 Å². The summed E-state index contributed by atoms with van der Waals surface area (Å²) in [5.74, 6) is -2.67. The highest BCUT2D eigenvalue weighted by Gasteiger charge is 2.45. The fourth-order valence-corrected chi connectivity index (χ4v) is 2.79. The minimum atomic E-state index is -1.22. The first-order valence-electron chi connectivity index (χ1n) is 7.52. The first-order valence-corrected chi connectivity index (χ1v) is 7.52. The lowest BCUT2D eigenvalue weighted by molar-refractivity contribution is 0.0134. The normalized spacial score (nSPS) is 16.7. The fourth-order valence-electron chi connectivity index (χ4n) is 2.79. The number of amides is 1. The maximum absolute atomic E-state index is 13.7. The third-order valence-electron chi connectivity index (χ3n) is 4.23. The van der Waals surface area contributed by atoms with Gasteiger partial charge in [-0.1, -0.05) is 36.4 Å².